The number of nitrogens with zero attached hydrogens (tertiary/aromatic N) is 1. The van der Waals surface area contributed by atoms with E-state index in [0.717, 1.165) is 33.8 Å². The number of nitrogens with one attached hydrogen (secondary N) is 2. The predicted octanol–water partition coefficient (Wildman–Crippen LogP) is 3.65. The lowest BCUT2D eigenvalue weighted by atomic mass is 10.1. The molecule has 0 fully saturated rings. The van der Waals surface area contributed by atoms with E-state index in [4.69, 9.17) is 0 Å². The molecule has 0 atom stereocenters. The van der Waals surface area contributed by atoms with Crippen molar-refractivity contribution < 1.29 is 0 Å². The molecule has 0 aliphatic rings. The van der Waals surface area contributed by atoms with E-state index in [1.165, 1.54) is 0 Å². The summed E-state index contributed by atoms with van der Waals surface area (Å²) in [5, 5.41) is 3.36. The second-order valence-electron chi connectivity index (χ2n) is 4.70. The Balaban J connectivity index is 2.21. The van der Waals surface area contributed by atoms with Crippen LogP contribution < -0.4 is 5.32 Å². The van der Waals surface area contributed by atoms with Gasteiger partial charge in [-0.1, -0.05) is 41.9 Å². The standard InChI is InChI=1S/C14H18BrN3/c1-9(2)16-8-13-17-10(3)14(18-13)11-4-6-12(15)7-5-11/h4-7,9,16H,8H2,1-3H3,(H,17,18). The molecule has 0 saturated carbocycles. The van der Waals surface area contributed by atoms with Gasteiger partial charge in [0.05, 0.1) is 12.2 Å². The fourth-order valence-corrected chi connectivity index (χ4v) is 2.06. The molecule has 2 aromatic rings. The van der Waals surface area contributed by atoms with Crippen molar-refractivity contribution >= 4 is 15.9 Å². The maximum absolute atomic E-state index is 4.65. The summed E-state index contributed by atoms with van der Waals surface area (Å²) in [6.45, 7) is 7.09. The van der Waals surface area contributed by atoms with E-state index >= 15 is 0 Å². The molecular formula is C14H18BrN3. The van der Waals surface area contributed by atoms with Crippen LogP contribution in [-0.2, 0) is 6.54 Å². The van der Waals surface area contributed by atoms with Crippen LogP contribution in [0.25, 0.3) is 11.3 Å². The van der Waals surface area contributed by atoms with E-state index in [1.807, 2.05) is 12.1 Å². The molecule has 0 unspecified atom stereocenters. The Morgan fingerprint density at radius 1 is 1.28 bits per heavy atom. The van der Waals surface area contributed by atoms with E-state index < -0.39 is 0 Å². The lowest BCUT2D eigenvalue weighted by Gasteiger charge is -2.04. The lowest BCUT2D eigenvalue weighted by Crippen LogP contribution is -2.22. The molecule has 96 valence electrons. The van der Waals surface area contributed by atoms with Crippen molar-refractivity contribution in [1.82, 2.24) is 15.3 Å². The number of imidazole rings is 1. The molecular weight excluding hydrogens is 290 g/mol. The highest BCUT2D eigenvalue weighted by molar-refractivity contribution is 9.10. The minimum Gasteiger partial charge on any atom is -0.344 e. The smallest absolute Gasteiger partial charge is 0.121 e. The lowest BCUT2D eigenvalue weighted by molar-refractivity contribution is 0.575. The molecule has 0 amide bonds. The zero-order valence-corrected chi connectivity index (χ0v) is 12.5. The maximum Gasteiger partial charge on any atom is 0.121 e. The van der Waals surface area contributed by atoms with E-state index in [1.54, 1.807) is 0 Å². The number of aromatic amines is 1. The number of rotatable bonds is 4. The average Bonchev–Trinajstić information content (AvgIpc) is 2.69. The third-order valence-corrected chi connectivity index (χ3v) is 3.26. The summed E-state index contributed by atoms with van der Waals surface area (Å²) in [6, 6.07) is 8.69. The minimum atomic E-state index is 0.464. The van der Waals surface area contributed by atoms with E-state index in [-0.39, 0.29) is 0 Å². The van der Waals surface area contributed by atoms with Crippen LogP contribution >= 0.6 is 15.9 Å². The second kappa shape index (κ2) is 5.67. The van der Waals surface area contributed by atoms with Crippen molar-refractivity contribution in [2.45, 2.75) is 33.4 Å². The molecule has 18 heavy (non-hydrogen) atoms. The van der Waals surface area contributed by atoms with Crippen molar-refractivity contribution in [2.75, 3.05) is 0 Å². The molecule has 2 N–H and O–H groups in total. The number of halogens is 1. The summed E-state index contributed by atoms with van der Waals surface area (Å²) in [5.41, 5.74) is 3.28. The van der Waals surface area contributed by atoms with Gasteiger partial charge < -0.3 is 10.3 Å². The van der Waals surface area contributed by atoms with Gasteiger partial charge in [0.2, 0.25) is 0 Å². The summed E-state index contributed by atoms with van der Waals surface area (Å²) < 4.78 is 1.08. The van der Waals surface area contributed by atoms with Crippen molar-refractivity contribution in [1.29, 1.82) is 0 Å². The SMILES string of the molecule is Cc1[nH]c(CNC(C)C)nc1-c1ccc(Br)cc1. The van der Waals surface area contributed by atoms with E-state index in [0.29, 0.717) is 6.04 Å². The van der Waals surface area contributed by atoms with E-state index in [9.17, 15) is 0 Å². The molecule has 2 rings (SSSR count). The fraction of sp³-hybridized carbons (Fsp3) is 0.357. The Kier molecular flexibility index (Phi) is 4.19. The van der Waals surface area contributed by atoms with Gasteiger partial charge in [-0.25, -0.2) is 4.98 Å². The first-order chi connectivity index (χ1) is 8.56. The molecule has 3 nitrogen and oxygen atoms in total. The van der Waals surface area contributed by atoms with Gasteiger partial charge in [0.1, 0.15) is 5.82 Å². The van der Waals surface area contributed by atoms with Crippen molar-refractivity contribution in [3.8, 4) is 11.3 Å². The number of benzene rings is 1. The maximum atomic E-state index is 4.65. The van der Waals surface area contributed by atoms with Crippen LogP contribution in [0.15, 0.2) is 28.7 Å². The Morgan fingerprint density at radius 2 is 1.94 bits per heavy atom. The van der Waals surface area contributed by atoms with Crippen LogP contribution in [0, 0.1) is 6.92 Å². The Morgan fingerprint density at radius 3 is 2.56 bits per heavy atom. The molecule has 1 heterocycles. The molecule has 1 aromatic carbocycles. The number of hydrogen-bond acceptors (Lipinski definition) is 2. The normalized spacial score (nSPS) is 11.2. The fourth-order valence-electron chi connectivity index (χ4n) is 1.80. The van der Waals surface area contributed by atoms with Crippen LogP contribution in [0.1, 0.15) is 25.4 Å². The molecule has 0 radical (unpaired) electrons. The highest BCUT2D eigenvalue weighted by atomic mass is 79.9. The van der Waals surface area contributed by atoms with Crippen LogP contribution in [-0.4, -0.2) is 16.0 Å². The Hall–Kier alpha value is -1.13. The topological polar surface area (TPSA) is 40.7 Å². The largest absolute Gasteiger partial charge is 0.344 e. The first kappa shape index (κ1) is 13.3. The zero-order chi connectivity index (χ0) is 13.1. The van der Waals surface area contributed by atoms with Gasteiger partial charge in [-0.3, -0.25) is 0 Å². The van der Waals surface area contributed by atoms with Crippen LogP contribution in [0.2, 0.25) is 0 Å². The van der Waals surface area contributed by atoms with Crippen LogP contribution in [0.5, 0.6) is 0 Å². The molecule has 0 aliphatic carbocycles. The number of H-pyrrole nitrogens is 1. The highest BCUT2D eigenvalue weighted by Gasteiger charge is 2.08. The first-order valence-electron chi connectivity index (χ1n) is 6.11. The average molecular weight is 308 g/mol. The van der Waals surface area contributed by atoms with Gasteiger partial charge >= 0.3 is 0 Å². The number of aryl methyl sites for hydroxylation is 1. The Labute approximate surface area is 116 Å². The van der Waals surface area contributed by atoms with Crippen molar-refractivity contribution in [3.63, 3.8) is 0 Å². The summed E-state index contributed by atoms with van der Waals surface area (Å²) in [7, 11) is 0. The van der Waals surface area contributed by atoms with Gasteiger partial charge in [0, 0.05) is 21.8 Å². The molecule has 1 aromatic heterocycles. The second-order valence-corrected chi connectivity index (χ2v) is 5.62. The van der Waals surface area contributed by atoms with E-state index in [2.05, 4.69) is 64.1 Å². The molecule has 0 aliphatic heterocycles. The monoisotopic (exact) mass is 307 g/mol. The summed E-state index contributed by atoms with van der Waals surface area (Å²) >= 11 is 3.44. The van der Waals surface area contributed by atoms with Gasteiger partial charge in [-0.05, 0) is 19.1 Å². The summed E-state index contributed by atoms with van der Waals surface area (Å²) in [4.78, 5) is 7.98. The van der Waals surface area contributed by atoms with Crippen molar-refractivity contribution in [3.05, 3.63) is 40.3 Å². The predicted molar refractivity (Wildman–Crippen MR) is 78.4 cm³/mol. The van der Waals surface area contributed by atoms with Gasteiger partial charge in [0.25, 0.3) is 0 Å². The third-order valence-electron chi connectivity index (χ3n) is 2.73. The summed E-state index contributed by atoms with van der Waals surface area (Å²) in [6.07, 6.45) is 0. The van der Waals surface area contributed by atoms with Crippen molar-refractivity contribution in [2.24, 2.45) is 0 Å². The van der Waals surface area contributed by atoms with Crippen LogP contribution in [0.4, 0.5) is 0 Å². The molecule has 0 bridgehead atoms. The first-order valence-corrected chi connectivity index (χ1v) is 6.90. The highest BCUT2D eigenvalue weighted by Crippen LogP contribution is 2.23. The zero-order valence-electron chi connectivity index (χ0n) is 10.9. The van der Waals surface area contributed by atoms with Gasteiger partial charge in [-0.15, -0.1) is 0 Å². The molecule has 0 saturated heterocycles. The number of aromatic nitrogens is 2. The third kappa shape index (κ3) is 3.21. The Bertz CT molecular complexity index is 514. The number of hydrogen-bond donors (Lipinski definition) is 2. The van der Waals surface area contributed by atoms with Gasteiger partial charge in [0.15, 0.2) is 0 Å². The molecule has 4 heteroatoms. The quantitative estimate of drug-likeness (QED) is 0.905. The summed E-state index contributed by atoms with van der Waals surface area (Å²) in [5.74, 6) is 0.985. The molecule has 0 spiro atoms. The van der Waals surface area contributed by atoms with Crippen LogP contribution in [0.3, 0.4) is 0 Å². The van der Waals surface area contributed by atoms with Gasteiger partial charge in [-0.2, -0.15) is 0 Å². The minimum absolute atomic E-state index is 0.464.